The zero-order valence-corrected chi connectivity index (χ0v) is 11.0. The zero-order valence-electron chi connectivity index (χ0n) is 10.2. The molecule has 0 saturated carbocycles. The molecule has 0 aliphatic carbocycles. The third-order valence-electron chi connectivity index (χ3n) is 2.39. The predicted octanol–water partition coefficient (Wildman–Crippen LogP) is 3.50. The molecule has 1 aromatic carbocycles. The van der Waals surface area contributed by atoms with Crippen LogP contribution in [0, 0.1) is 17.0 Å². The van der Waals surface area contributed by atoms with Crippen molar-refractivity contribution in [1.29, 1.82) is 0 Å². The molecule has 2 rings (SSSR count). The van der Waals surface area contributed by atoms with Crippen LogP contribution in [0.15, 0.2) is 24.3 Å². The Bertz CT molecular complexity index is 634. The van der Waals surface area contributed by atoms with E-state index in [1.54, 1.807) is 12.1 Å². The van der Waals surface area contributed by atoms with Gasteiger partial charge in [-0.25, -0.2) is 4.98 Å². The molecule has 1 aromatic heterocycles. The zero-order chi connectivity index (χ0) is 13.3. The van der Waals surface area contributed by atoms with Crippen molar-refractivity contribution in [2.24, 2.45) is 0 Å². The van der Waals surface area contributed by atoms with Gasteiger partial charge >= 0.3 is 0 Å². The lowest BCUT2D eigenvalue weighted by atomic mass is 10.2. The lowest BCUT2D eigenvalue weighted by Gasteiger charge is -2.06. The summed E-state index contributed by atoms with van der Waals surface area (Å²) in [6.45, 7) is 8.03. The van der Waals surface area contributed by atoms with E-state index in [-0.39, 0.29) is 10.6 Å². The fourth-order valence-electron chi connectivity index (χ4n) is 1.62. The first-order valence-corrected chi connectivity index (χ1v) is 6.23. The summed E-state index contributed by atoms with van der Waals surface area (Å²) in [5.41, 5.74) is 2.26. The Morgan fingerprint density at radius 3 is 2.94 bits per heavy atom. The van der Waals surface area contributed by atoms with E-state index in [0.717, 1.165) is 20.8 Å². The highest BCUT2D eigenvalue weighted by atomic mass is 32.1. The maximum atomic E-state index is 11.0. The number of aromatic nitrogens is 1. The molecule has 0 fully saturated rings. The van der Waals surface area contributed by atoms with Crippen LogP contribution >= 0.6 is 11.3 Å². The number of nitrogens with one attached hydrogen (secondary N) is 1. The Balaban J connectivity index is 2.50. The number of fused-ring (bicyclic) bond motifs is 1. The molecule has 1 heterocycles. The van der Waals surface area contributed by atoms with Crippen molar-refractivity contribution in [3.63, 3.8) is 0 Å². The van der Waals surface area contributed by atoms with E-state index in [1.165, 1.54) is 11.3 Å². The molecule has 0 spiro atoms. The molecule has 0 unspecified atom stereocenters. The Kier molecular flexibility index (Phi) is 3.29. The van der Waals surface area contributed by atoms with E-state index in [4.69, 9.17) is 0 Å². The highest BCUT2D eigenvalue weighted by Gasteiger charge is 2.16. The van der Waals surface area contributed by atoms with Gasteiger partial charge in [0.15, 0.2) is 0 Å². The fourth-order valence-corrected chi connectivity index (χ4v) is 2.46. The number of nitro groups is 1. The minimum atomic E-state index is -0.380. The minimum Gasteiger partial charge on any atom is -0.376 e. The Labute approximate surface area is 108 Å². The number of aryl methyl sites for hydroxylation is 1. The van der Waals surface area contributed by atoms with Gasteiger partial charge < -0.3 is 5.32 Å². The van der Waals surface area contributed by atoms with Gasteiger partial charge in [0.25, 0.3) is 5.69 Å². The van der Waals surface area contributed by atoms with Gasteiger partial charge in [-0.1, -0.05) is 12.2 Å². The molecule has 5 nitrogen and oxygen atoms in total. The Morgan fingerprint density at radius 1 is 1.61 bits per heavy atom. The molecule has 0 saturated heterocycles. The van der Waals surface area contributed by atoms with Crippen LogP contribution in [0.1, 0.15) is 11.9 Å². The summed E-state index contributed by atoms with van der Waals surface area (Å²) in [4.78, 5) is 15.0. The Morgan fingerprint density at radius 2 is 2.33 bits per heavy atom. The van der Waals surface area contributed by atoms with Crippen molar-refractivity contribution in [3.05, 3.63) is 39.4 Å². The Hall–Kier alpha value is -1.95. The van der Waals surface area contributed by atoms with Crippen LogP contribution in [0.5, 0.6) is 0 Å². The summed E-state index contributed by atoms with van der Waals surface area (Å²) in [6.07, 6.45) is 0. The van der Waals surface area contributed by atoms with Crippen LogP contribution in [0.2, 0.25) is 0 Å². The van der Waals surface area contributed by atoms with Gasteiger partial charge in [-0.3, -0.25) is 10.1 Å². The van der Waals surface area contributed by atoms with E-state index >= 15 is 0 Å². The normalized spacial score (nSPS) is 10.6. The summed E-state index contributed by atoms with van der Waals surface area (Å²) in [5, 5.41) is 15.0. The first-order chi connectivity index (χ1) is 8.47. The van der Waals surface area contributed by atoms with Crippen LogP contribution in [-0.2, 0) is 0 Å². The number of thiazole rings is 1. The summed E-state index contributed by atoms with van der Waals surface area (Å²) in [7, 11) is 0. The maximum Gasteiger partial charge on any atom is 0.293 e. The van der Waals surface area contributed by atoms with Crippen LogP contribution in [-0.4, -0.2) is 16.5 Å². The summed E-state index contributed by atoms with van der Waals surface area (Å²) >= 11 is 1.46. The molecule has 0 amide bonds. The molecule has 0 aliphatic heterocycles. The summed E-state index contributed by atoms with van der Waals surface area (Å²) < 4.78 is 0.833. The van der Waals surface area contributed by atoms with Crippen molar-refractivity contribution in [1.82, 2.24) is 4.98 Å². The average molecular weight is 263 g/mol. The van der Waals surface area contributed by atoms with E-state index in [9.17, 15) is 10.1 Å². The second-order valence-electron chi connectivity index (χ2n) is 4.14. The van der Waals surface area contributed by atoms with Gasteiger partial charge in [0.1, 0.15) is 5.69 Å². The van der Waals surface area contributed by atoms with E-state index < -0.39 is 0 Å². The quantitative estimate of drug-likeness (QED) is 0.520. The van der Waals surface area contributed by atoms with E-state index in [1.807, 2.05) is 13.8 Å². The number of rotatable bonds is 4. The molecule has 0 bridgehead atoms. The van der Waals surface area contributed by atoms with Gasteiger partial charge in [-0.05, 0) is 19.9 Å². The van der Waals surface area contributed by atoms with Gasteiger partial charge in [0.2, 0.25) is 0 Å². The molecule has 94 valence electrons. The van der Waals surface area contributed by atoms with Crippen LogP contribution < -0.4 is 5.32 Å². The van der Waals surface area contributed by atoms with Crippen molar-refractivity contribution >= 4 is 32.9 Å². The molecule has 18 heavy (non-hydrogen) atoms. The topological polar surface area (TPSA) is 68.1 Å². The summed E-state index contributed by atoms with van der Waals surface area (Å²) in [6, 6.07) is 3.29. The smallest absolute Gasteiger partial charge is 0.293 e. The van der Waals surface area contributed by atoms with Gasteiger partial charge in [-0.2, -0.15) is 0 Å². The first-order valence-electron chi connectivity index (χ1n) is 5.41. The van der Waals surface area contributed by atoms with E-state index in [0.29, 0.717) is 12.2 Å². The molecule has 0 atom stereocenters. The number of nitrogens with zero attached hydrogens (tertiary/aromatic N) is 2. The highest BCUT2D eigenvalue weighted by Crippen LogP contribution is 2.32. The molecule has 6 heteroatoms. The number of anilines is 1. The molecular weight excluding hydrogens is 250 g/mol. The van der Waals surface area contributed by atoms with Crippen LogP contribution in [0.3, 0.4) is 0 Å². The van der Waals surface area contributed by atoms with Crippen molar-refractivity contribution in [2.45, 2.75) is 13.8 Å². The molecule has 2 aromatic rings. The second kappa shape index (κ2) is 4.73. The van der Waals surface area contributed by atoms with Gasteiger partial charge in [-0.15, -0.1) is 11.3 Å². The lowest BCUT2D eigenvalue weighted by molar-refractivity contribution is -0.383. The third kappa shape index (κ3) is 2.48. The van der Waals surface area contributed by atoms with Crippen molar-refractivity contribution < 1.29 is 4.92 Å². The number of hydrogen-bond donors (Lipinski definition) is 1. The fraction of sp³-hybridized carbons (Fsp3) is 0.250. The van der Waals surface area contributed by atoms with E-state index in [2.05, 4.69) is 16.9 Å². The standard InChI is InChI=1S/C12H13N3O2S/c1-7(2)6-13-9-4-10-12(18-8(3)14-10)5-11(9)15(16)17/h4-5,13H,1,6H2,2-3H3. The largest absolute Gasteiger partial charge is 0.376 e. The van der Waals surface area contributed by atoms with Crippen LogP contribution in [0.25, 0.3) is 10.2 Å². The average Bonchev–Trinajstić information content (AvgIpc) is 2.63. The minimum absolute atomic E-state index is 0.0763. The SMILES string of the molecule is C=C(C)CNc1cc2nc(C)sc2cc1[N+](=O)[O-]. The monoisotopic (exact) mass is 263 g/mol. The molecular formula is C12H13N3O2S. The predicted molar refractivity (Wildman–Crippen MR) is 74.3 cm³/mol. The van der Waals surface area contributed by atoms with Gasteiger partial charge in [0, 0.05) is 12.6 Å². The van der Waals surface area contributed by atoms with Crippen molar-refractivity contribution in [3.8, 4) is 0 Å². The lowest BCUT2D eigenvalue weighted by Crippen LogP contribution is -2.04. The third-order valence-corrected chi connectivity index (χ3v) is 3.32. The second-order valence-corrected chi connectivity index (χ2v) is 5.37. The molecule has 0 radical (unpaired) electrons. The number of nitro benzene ring substituents is 1. The number of hydrogen-bond acceptors (Lipinski definition) is 5. The molecule has 0 aliphatic rings. The molecule has 1 N–H and O–H groups in total. The summed E-state index contributed by atoms with van der Waals surface area (Å²) in [5.74, 6) is 0. The maximum absolute atomic E-state index is 11.0. The highest BCUT2D eigenvalue weighted by molar-refractivity contribution is 7.18. The number of benzene rings is 1. The van der Waals surface area contributed by atoms with Crippen LogP contribution in [0.4, 0.5) is 11.4 Å². The van der Waals surface area contributed by atoms with Gasteiger partial charge in [0.05, 0.1) is 20.1 Å². The first kappa shape index (κ1) is 12.5. The van der Waals surface area contributed by atoms with Crippen molar-refractivity contribution in [2.75, 3.05) is 11.9 Å².